The number of benzene rings is 1. The Morgan fingerprint density at radius 1 is 1.06 bits per heavy atom. The number of piperidine rings is 1. The number of methoxy groups -OCH3 is 1. The van der Waals surface area contributed by atoms with Crippen molar-refractivity contribution in [2.45, 2.75) is 44.6 Å². The second kappa shape index (κ2) is 10.3. The predicted octanol–water partition coefficient (Wildman–Crippen LogP) is 4.13. The molecule has 4 aliphatic rings. The summed E-state index contributed by atoms with van der Waals surface area (Å²) in [6.45, 7) is 6.64. The molecule has 0 atom stereocenters. The summed E-state index contributed by atoms with van der Waals surface area (Å²) in [5.74, 6) is 1.86. The van der Waals surface area contributed by atoms with Crippen LogP contribution in [0.4, 0.5) is 5.69 Å². The molecule has 0 aromatic heterocycles. The van der Waals surface area contributed by atoms with E-state index in [1.54, 1.807) is 7.11 Å². The van der Waals surface area contributed by atoms with E-state index >= 15 is 0 Å². The number of para-hydroxylation sites is 1. The van der Waals surface area contributed by atoms with Crippen molar-refractivity contribution >= 4 is 26.9 Å². The summed E-state index contributed by atoms with van der Waals surface area (Å²) >= 11 is 2.83. The van der Waals surface area contributed by atoms with E-state index in [2.05, 4.69) is 68.9 Å². The van der Waals surface area contributed by atoms with Crippen LogP contribution in [0.5, 0.6) is 0 Å². The third-order valence-electron chi connectivity index (χ3n) is 7.53. The van der Waals surface area contributed by atoms with Gasteiger partial charge in [0.1, 0.15) is 0 Å². The molecule has 5 nitrogen and oxygen atoms in total. The van der Waals surface area contributed by atoms with Crippen molar-refractivity contribution in [1.29, 1.82) is 0 Å². The van der Waals surface area contributed by atoms with Crippen LogP contribution in [0.3, 0.4) is 0 Å². The summed E-state index contributed by atoms with van der Waals surface area (Å²) in [5.41, 5.74) is 5.31. The van der Waals surface area contributed by atoms with E-state index in [1.165, 1.54) is 65.7 Å². The topological polar surface area (TPSA) is 28.2 Å². The van der Waals surface area contributed by atoms with Gasteiger partial charge in [-0.25, -0.2) is 0 Å². The normalized spacial score (nSPS) is 22.4. The Morgan fingerprint density at radius 3 is 2.58 bits per heavy atom. The van der Waals surface area contributed by atoms with Crippen LogP contribution in [0.25, 0.3) is 4.36 Å². The Balaban J connectivity index is 1.42. The molecule has 176 valence electrons. The van der Waals surface area contributed by atoms with E-state index < -0.39 is 0 Å². The van der Waals surface area contributed by atoms with Crippen molar-refractivity contribution in [1.82, 2.24) is 9.80 Å². The monoisotopic (exact) mass is 509 g/mol. The Morgan fingerprint density at radius 2 is 1.82 bits per heavy atom. The Kier molecular flexibility index (Phi) is 7.20. The summed E-state index contributed by atoms with van der Waals surface area (Å²) in [5, 5.41) is 0. The number of nitrogens with zero attached hydrogens (tertiary/aromatic N) is 3. The first-order chi connectivity index (χ1) is 16.2. The minimum absolute atomic E-state index is 0.504. The first kappa shape index (κ1) is 23.1. The molecular formula is C27H36AsN3O2. The number of fused-ring (bicyclic) bond motifs is 2. The zero-order valence-electron chi connectivity index (χ0n) is 20.1. The van der Waals surface area contributed by atoms with Crippen LogP contribution in [0.15, 0.2) is 53.1 Å². The first-order valence-corrected chi connectivity index (χ1v) is 13.4. The van der Waals surface area contributed by atoms with Crippen LogP contribution in [0, 0.1) is 0 Å². The zero-order chi connectivity index (χ0) is 22.8. The molecule has 2 fully saturated rings. The third-order valence-corrected chi connectivity index (χ3v) is 8.60. The Bertz CT molecular complexity index is 956. The van der Waals surface area contributed by atoms with Crippen molar-refractivity contribution in [2.75, 3.05) is 58.4 Å². The van der Waals surface area contributed by atoms with Gasteiger partial charge in [-0.3, -0.25) is 0 Å². The van der Waals surface area contributed by atoms with Gasteiger partial charge in [-0.1, -0.05) is 0 Å². The number of hydrogen-bond acceptors (Lipinski definition) is 5. The third kappa shape index (κ3) is 4.78. The van der Waals surface area contributed by atoms with E-state index in [-0.39, 0.29) is 0 Å². The van der Waals surface area contributed by atoms with Crippen molar-refractivity contribution in [2.24, 2.45) is 0 Å². The van der Waals surface area contributed by atoms with Gasteiger partial charge in [-0.2, -0.15) is 0 Å². The predicted molar refractivity (Wildman–Crippen MR) is 135 cm³/mol. The second-order valence-electron chi connectivity index (χ2n) is 9.70. The van der Waals surface area contributed by atoms with E-state index in [1.807, 2.05) is 0 Å². The van der Waals surface area contributed by atoms with Gasteiger partial charge in [0.05, 0.1) is 0 Å². The summed E-state index contributed by atoms with van der Waals surface area (Å²) in [7, 11) is 4.01. The maximum absolute atomic E-state index is 6.36. The number of rotatable bonds is 7. The van der Waals surface area contributed by atoms with E-state index in [0.717, 1.165) is 50.6 Å². The molecule has 0 amide bonds. The van der Waals surface area contributed by atoms with Gasteiger partial charge in [-0.15, -0.1) is 0 Å². The SMILES string of the molecule is COC1=C(OCCCN2CCCC2)C=C2C(=C([As])c3ccccc3N2C2CCN(C)CC2)C1. The van der Waals surface area contributed by atoms with E-state index in [9.17, 15) is 0 Å². The molecule has 2 saturated heterocycles. The van der Waals surface area contributed by atoms with Crippen LogP contribution >= 0.6 is 0 Å². The first-order valence-electron chi connectivity index (χ1n) is 12.5. The van der Waals surface area contributed by atoms with Crippen molar-refractivity contribution in [3.63, 3.8) is 0 Å². The maximum atomic E-state index is 6.36. The van der Waals surface area contributed by atoms with Crippen molar-refractivity contribution in [3.8, 4) is 0 Å². The van der Waals surface area contributed by atoms with Crippen molar-refractivity contribution in [3.05, 3.63) is 58.7 Å². The Hall–Kier alpha value is -1.68. The number of ether oxygens (including phenoxy) is 2. The van der Waals surface area contributed by atoms with Gasteiger partial charge < -0.3 is 0 Å². The standard InChI is InChI=1S/C27H36AsN3O2/c1-29-15-10-20(11-16-29)31-23-9-4-3-8-21(23)27(28)22-18-25(32-2)26(19-24(22)31)33-17-7-14-30-12-5-6-13-30/h3-4,8-9,19-20H,5-7,10-18H2,1-2H3. The quantitative estimate of drug-likeness (QED) is 0.407. The summed E-state index contributed by atoms with van der Waals surface area (Å²) in [6, 6.07) is 9.37. The van der Waals surface area contributed by atoms with Gasteiger partial charge in [-0.05, 0) is 0 Å². The minimum atomic E-state index is 0.504. The molecule has 3 aliphatic heterocycles. The van der Waals surface area contributed by atoms with Crippen molar-refractivity contribution < 1.29 is 9.47 Å². The molecule has 0 saturated carbocycles. The molecule has 0 bridgehead atoms. The molecule has 6 heteroatoms. The second-order valence-corrected chi connectivity index (χ2v) is 10.6. The molecule has 0 unspecified atom stereocenters. The average Bonchev–Trinajstić information content (AvgIpc) is 3.36. The van der Waals surface area contributed by atoms with E-state index in [0.29, 0.717) is 6.04 Å². The number of likely N-dealkylation sites (tertiary alicyclic amines) is 2. The average molecular weight is 510 g/mol. The Labute approximate surface area is 207 Å². The molecule has 1 aromatic carbocycles. The van der Waals surface area contributed by atoms with Gasteiger partial charge in [0.15, 0.2) is 0 Å². The summed E-state index contributed by atoms with van der Waals surface area (Å²) in [6.07, 6.45) is 9.14. The number of allylic oxidation sites excluding steroid dienone is 3. The summed E-state index contributed by atoms with van der Waals surface area (Å²) < 4.78 is 13.5. The molecule has 1 aliphatic carbocycles. The fourth-order valence-corrected chi connectivity index (χ4v) is 6.45. The van der Waals surface area contributed by atoms with Crippen LogP contribution in [-0.2, 0) is 9.47 Å². The van der Waals surface area contributed by atoms with E-state index in [4.69, 9.17) is 9.47 Å². The van der Waals surface area contributed by atoms with Gasteiger partial charge in [0, 0.05) is 0 Å². The molecule has 5 rings (SSSR count). The number of anilines is 1. The van der Waals surface area contributed by atoms with Gasteiger partial charge >= 0.3 is 208 Å². The molecule has 3 heterocycles. The number of hydrogen-bond donors (Lipinski definition) is 0. The molecule has 2 radical (unpaired) electrons. The summed E-state index contributed by atoms with van der Waals surface area (Å²) in [4.78, 5) is 7.60. The fourth-order valence-electron chi connectivity index (χ4n) is 5.64. The molecule has 0 spiro atoms. The molecule has 0 N–H and O–H groups in total. The van der Waals surface area contributed by atoms with Crippen LogP contribution in [0.2, 0.25) is 0 Å². The molecule has 1 aromatic rings. The van der Waals surface area contributed by atoms with Crippen LogP contribution in [-0.4, -0.2) is 86.2 Å². The zero-order valence-corrected chi connectivity index (χ0v) is 21.9. The van der Waals surface area contributed by atoms with Gasteiger partial charge in [0.25, 0.3) is 0 Å². The van der Waals surface area contributed by atoms with Crippen LogP contribution < -0.4 is 4.90 Å². The van der Waals surface area contributed by atoms with Gasteiger partial charge in [0.2, 0.25) is 0 Å². The molecular weight excluding hydrogens is 473 g/mol. The molecule has 33 heavy (non-hydrogen) atoms. The van der Waals surface area contributed by atoms with Crippen LogP contribution in [0.1, 0.15) is 44.1 Å². The fraction of sp³-hybridized carbons (Fsp3) is 0.556.